The van der Waals surface area contributed by atoms with E-state index >= 15 is 0 Å². The summed E-state index contributed by atoms with van der Waals surface area (Å²) >= 11 is 0. The molecule has 3 aromatic rings. The third-order valence-corrected chi connectivity index (χ3v) is 4.47. The van der Waals surface area contributed by atoms with Crippen LogP contribution in [-0.2, 0) is 13.2 Å². The number of hydrogen-bond acceptors (Lipinski definition) is 3. The molecule has 25 heavy (non-hydrogen) atoms. The normalized spacial score (nSPS) is 12.5. The van der Waals surface area contributed by atoms with Crippen LogP contribution in [0, 0.1) is 20.8 Å². The summed E-state index contributed by atoms with van der Waals surface area (Å²) in [6.45, 7) is 6.75. The van der Waals surface area contributed by atoms with Gasteiger partial charge in [0, 0.05) is 22.7 Å². The van der Waals surface area contributed by atoms with Crippen molar-refractivity contribution in [2.24, 2.45) is 0 Å². The molecule has 0 aliphatic heterocycles. The van der Waals surface area contributed by atoms with E-state index in [4.69, 9.17) is 4.74 Å². The zero-order valence-corrected chi connectivity index (χ0v) is 15.0. The fraction of sp³-hybridized carbons (Fsp3) is 0.333. The number of aliphatic hydroxyl groups is 2. The lowest BCUT2D eigenvalue weighted by molar-refractivity contribution is 0.0928. The molecule has 0 amide bonds. The highest BCUT2D eigenvalue weighted by Crippen LogP contribution is 2.25. The zero-order valence-electron chi connectivity index (χ0n) is 15.0. The van der Waals surface area contributed by atoms with Crippen molar-refractivity contribution in [1.29, 1.82) is 0 Å². The van der Waals surface area contributed by atoms with E-state index in [1.807, 2.05) is 48.9 Å². The van der Waals surface area contributed by atoms with E-state index in [1.165, 1.54) is 5.56 Å². The monoisotopic (exact) mass is 339 g/mol. The molecule has 0 aliphatic carbocycles. The highest BCUT2D eigenvalue weighted by Gasteiger charge is 2.13. The molecule has 1 aromatic heterocycles. The maximum Gasteiger partial charge on any atom is 0.125 e. The molecule has 132 valence electrons. The second-order valence-electron chi connectivity index (χ2n) is 6.67. The summed E-state index contributed by atoms with van der Waals surface area (Å²) in [6, 6.07) is 12.1. The Morgan fingerprint density at radius 1 is 1.08 bits per heavy atom. The van der Waals surface area contributed by atoms with Crippen LogP contribution >= 0.6 is 0 Å². The SMILES string of the molecule is Cc1cc(C)c(OCC(O)Cn2cc(CO)c3ccccc32)c(C)c1. The first-order valence-electron chi connectivity index (χ1n) is 8.56. The molecule has 0 fully saturated rings. The third-order valence-electron chi connectivity index (χ3n) is 4.47. The Kier molecular flexibility index (Phi) is 5.11. The number of fused-ring (bicyclic) bond motifs is 1. The summed E-state index contributed by atoms with van der Waals surface area (Å²) < 4.78 is 7.87. The van der Waals surface area contributed by atoms with Crippen molar-refractivity contribution >= 4 is 10.9 Å². The van der Waals surface area contributed by atoms with Gasteiger partial charge >= 0.3 is 0 Å². The molecule has 1 unspecified atom stereocenters. The summed E-state index contributed by atoms with van der Waals surface area (Å²) in [7, 11) is 0. The zero-order chi connectivity index (χ0) is 18.0. The molecule has 1 heterocycles. The van der Waals surface area contributed by atoms with E-state index in [1.54, 1.807) is 0 Å². The number of aliphatic hydroxyl groups excluding tert-OH is 2. The Morgan fingerprint density at radius 3 is 2.44 bits per heavy atom. The minimum atomic E-state index is -0.637. The number of nitrogens with zero attached hydrogens (tertiary/aromatic N) is 1. The molecule has 0 saturated heterocycles. The van der Waals surface area contributed by atoms with E-state index in [2.05, 4.69) is 19.1 Å². The molecule has 0 saturated carbocycles. The minimum absolute atomic E-state index is 0.0120. The van der Waals surface area contributed by atoms with Crippen LogP contribution in [0.1, 0.15) is 22.3 Å². The van der Waals surface area contributed by atoms with Crippen LogP contribution in [0.2, 0.25) is 0 Å². The van der Waals surface area contributed by atoms with Crippen molar-refractivity contribution in [3.8, 4) is 5.75 Å². The van der Waals surface area contributed by atoms with Crippen LogP contribution < -0.4 is 4.74 Å². The van der Waals surface area contributed by atoms with Crippen molar-refractivity contribution in [2.45, 2.75) is 40.0 Å². The van der Waals surface area contributed by atoms with Crippen molar-refractivity contribution in [3.05, 3.63) is 64.8 Å². The number of hydrogen-bond donors (Lipinski definition) is 2. The van der Waals surface area contributed by atoms with Gasteiger partial charge in [0.1, 0.15) is 18.5 Å². The molecule has 1 atom stereocenters. The van der Waals surface area contributed by atoms with Crippen LogP contribution in [0.4, 0.5) is 0 Å². The Morgan fingerprint density at radius 2 is 1.76 bits per heavy atom. The number of rotatable bonds is 6. The average molecular weight is 339 g/mol. The quantitative estimate of drug-likeness (QED) is 0.723. The first-order valence-corrected chi connectivity index (χ1v) is 8.56. The molecular formula is C21H25NO3. The highest BCUT2D eigenvalue weighted by molar-refractivity contribution is 5.83. The van der Waals surface area contributed by atoms with Crippen molar-refractivity contribution in [1.82, 2.24) is 4.57 Å². The minimum Gasteiger partial charge on any atom is -0.490 e. The summed E-state index contributed by atoms with van der Waals surface area (Å²) in [4.78, 5) is 0. The van der Waals surface area contributed by atoms with Gasteiger partial charge in [-0.2, -0.15) is 0 Å². The molecular weight excluding hydrogens is 314 g/mol. The van der Waals surface area contributed by atoms with Crippen molar-refractivity contribution in [2.75, 3.05) is 6.61 Å². The van der Waals surface area contributed by atoms with Gasteiger partial charge in [-0.15, -0.1) is 0 Å². The van der Waals surface area contributed by atoms with Crippen LogP contribution in [0.25, 0.3) is 10.9 Å². The largest absolute Gasteiger partial charge is 0.490 e. The standard InChI is InChI=1S/C21H25NO3/c1-14-8-15(2)21(16(3)9-14)25-13-18(24)11-22-10-17(12-23)19-6-4-5-7-20(19)22/h4-10,18,23-24H,11-13H2,1-3H3. The number of para-hydroxylation sites is 1. The molecule has 4 nitrogen and oxygen atoms in total. The average Bonchev–Trinajstić information content (AvgIpc) is 2.92. The van der Waals surface area contributed by atoms with Gasteiger partial charge in [-0.25, -0.2) is 0 Å². The Balaban J connectivity index is 1.73. The topological polar surface area (TPSA) is 54.6 Å². The molecule has 0 bridgehead atoms. The van der Waals surface area contributed by atoms with Crippen LogP contribution in [0.15, 0.2) is 42.6 Å². The first kappa shape index (κ1) is 17.5. The fourth-order valence-electron chi connectivity index (χ4n) is 3.45. The molecule has 0 aliphatic rings. The van der Waals surface area contributed by atoms with Crippen LogP contribution in [0.5, 0.6) is 5.75 Å². The number of benzene rings is 2. The second kappa shape index (κ2) is 7.30. The summed E-state index contributed by atoms with van der Waals surface area (Å²) in [5.74, 6) is 0.845. The van der Waals surface area contributed by atoms with E-state index in [0.717, 1.165) is 33.3 Å². The Labute approximate surface area is 148 Å². The number of aryl methyl sites for hydroxylation is 3. The van der Waals surface area contributed by atoms with E-state index in [9.17, 15) is 10.2 Å². The van der Waals surface area contributed by atoms with Gasteiger partial charge in [0.15, 0.2) is 0 Å². The number of aromatic nitrogens is 1. The lowest BCUT2D eigenvalue weighted by atomic mass is 10.1. The predicted octanol–water partition coefficient (Wildman–Crippen LogP) is 3.50. The van der Waals surface area contributed by atoms with Crippen LogP contribution in [-0.4, -0.2) is 27.5 Å². The molecule has 3 rings (SSSR count). The van der Waals surface area contributed by atoms with Crippen molar-refractivity contribution < 1.29 is 14.9 Å². The van der Waals surface area contributed by atoms with Crippen molar-refractivity contribution in [3.63, 3.8) is 0 Å². The van der Waals surface area contributed by atoms with Gasteiger partial charge in [0.2, 0.25) is 0 Å². The first-order chi connectivity index (χ1) is 12.0. The maximum atomic E-state index is 10.4. The lowest BCUT2D eigenvalue weighted by Gasteiger charge is -2.17. The Bertz CT molecular complexity index is 859. The summed E-state index contributed by atoms with van der Waals surface area (Å²) in [5.41, 5.74) is 5.25. The van der Waals surface area contributed by atoms with E-state index in [-0.39, 0.29) is 13.2 Å². The summed E-state index contributed by atoms with van der Waals surface area (Å²) in [6.07, 6.45) is 1.26. The van der Waals surface area contributed by atoms with Gasteiger partial charge in [-0.1, -0.05) is 35.9 Å². The number of ether oxygens (including phenoxy) is 1. The summed E-state index contributed by atoms with van der Waals surface area (Å²) in [5, 5.41) is 21.0. The third kappa shape index (κ3) is 3.70. The molecule has 4 heteroatoms. The highest BCUT2D eigenvalue weighted by atomic mass is 16.5. The molecule has 2 N–H and O–H groups in total. The molecule has 0 radical (unpaired) electrons. The second-order valence-corrected chi connectivity index (χ2v) is 6.67. The molecule has 0 spiro atoms. The molecule has 2 aromatic carbocycles. The van der Waals surface area contributed by atoms with Gasteiger partial charge in [0.25, 0.3) is 0 Å². The fourth-order valence-corrected chi connectivity index (χ4v) is 3.45. The van der Waals surface area contributed by atoms with E-state index in [0.29, 0.717) is 6.54 Å². The van der Waals surface area contributed by atoms with Gasteiger partial charge < -0.3 is 19.5 Å². The van der Waals surface area contributed by atoms with Crippen LogP contribution in [0.3, 0.4) is 0 Å². The van der Waals surface area contributed by atoms with Gasteiger partial charge in [-0.3, -0.25) is 0 Å². The van der Waals surface area contributed by atoms with Gasteiger partial charge in [0.05, 0.1) is 13.2 Å². The lowest BCUT2D eigenvalue weighted by Crippen LogP contribution is -2.23. The Hall–Kier alpha value is -2.30. The van der Waals surface area contributed by atoms with E-state index < -0.39 is 6.10 Å². The smallest absolute Gasteiger partial charge is 0.125 e. The maximum absolute atomic E-state index is 10.4. The van der Waals surface area contributed by atoms with Gasteiger partial charge in [-0.05, 0) is 38.0 Å². The predicted molar refractivity (Wildman–Crippen MR) is 100 cm³/mol.